The molecule has 5 heteroatoms. The maximum Gasteiger partial charge on any atom is 0.225 e. The Hall–Kier alpha value is -1.20. The molecule has 94 valence electrons. The Balaban J connectivity index is 2.19. The van der Waals surface area contributed by atoms with E-state index in [0.29, 0.717) is 18.5 Å². The standard InChI is InChI=1S/C12H19N3O2/c1-9-10(8-17)7-13-12(14-9)15(5-6-16)11-3-2-4-11/h7,11,16-17H,2-6,8H2,1H3. The van der Waals surface area contributed by atoms with E-state index in [4.69, 9.17) is 10.2 Å². The van der Waals surface area contributed by atoms with Gasteiger partial charge in [0.2, 0.25) is 5.95 Å². The lowest BCUT2D eigenvalue weighted by Gasteiger charge is -2.37. The van der Waals surface area contributed by atoms with E-state index in [0.717, 1.165) is 24.1 Å². The van der Waals surface area contributed by atoms with Crippen molar-refractivity contribution in [3.8, 4) is 0 Å². The molecule has 17 heavy (non-hydrogen) atoms. The summed E-state index contributed by atoms with van der Waals surface area (Å²) < 4.78 is 0. The Morgan fingerprint density at radius 1 is 1.41 bits per heavy atom. The molecule has 2 N–H and O–H groups in total. The molecule has 1 aliphatic carbocycles. The smallest absolute Gasteiger partial charge is 0.225 e. The summed E-state index contributed by atoms with van der Waals surface area (Å²) in [6, 6.07) is 0.460. The number of nitrogens with zero attached hydrogens (tertiary/aromatic N) is 3. The van der Waals surface area contributed by atoms with Crippen LogP contribution in [0.3, 0.4) is 0 Å². The molecular weight excluding hydrogens is 218 g/mol. The van der Waals surface area contributed by atoms with Gasteiger partial charge in [-0.15, -0.1) is 0 Å². The molecule has 0 radical (unpaired) electrons. The number of anilines is 1. The lowest BCUT2D eigenvalue weighted by Crippen LogP contribution is -2.43. The predicted octanol–water partition coefficient (Wildman–Crippen LogP) is 0.629. The van der Waals surface area contributed by atoms with Crippen molar-refractivity contribution in [3.63, 3.8) is 0 Å². The number of aliphatic hydroxyl groups is 2. The predicted molar refractivity (Wildman–Crippen MR) is 64.8 cm³/mol. The average molecular weight is 237 g/mol. The molecule has 1 heterocycles. The number of hydrogen-bond acceptors (Lipinski definition) is 5. The van der Waals surface area contributed by atoms with Crippen molar-refractivity contribution in [2.24, 2.45) is 0 Å². The second-order valence-corrected chi connectivity index (χ2v) is 4.44. The zero-order chi connectivity index (χ0) is 12.3. The SMILES string of the molecule is Cc1nc(N(CCO)C2CCC2)ncc1CO. The van der Waals surface area contributed by atoms with Crippen LogP contribution in [0.5, 0.6) is 0 Å². The summed E-state index contributed by atoms with van der Waals surface area (Å²) in [5.41, 5.74) is 1.56. The molecule has 1 aromatic rings. The zero-order valence-corrected chi connectivity index (χ0v) is 10.1. The third kappa shape index (κ3) is 2.56. The van der Waals surface area contributed by atoms with Gasteiger partial charge in [-0.1, -0.05) is 0 Å². The van der Waals surface area contributed by atoms with E-state index in [2.05, 4.69) is 14.9 Å². The van der Waals surface area contributed by atoms with Gasteiger partial charge in [-0.25, -0.2) is 9.97 Å². The van der Waals surface area contributed by atoms with E-state index in [1.165, 1.54) is 6.42 Å². The topological polar surface area (TPSA) is 69.5 Å². The number of aromatic nitrogens is 2. The molecule has 0 bridgehead atoms. The fraction of sp³-hybridized carbons (Fsp3) is 0.667. The first-order valence-electron chi connectivity index (χ1n) is 6.07. The van der Waals surface area contributed by atoms with Crippen molar-refractivity contribution in [3.05, 3.63) is 17.5 Å². The van der Waals surface area contributed by atoms with Crippen LogP contribution < -0.4 is 4.90 Å². The minimum absolute atomic E-state index is 0.0322. The first-order chi connectivity index (χ1) is 8.26. The quantitative estimate of drug-likeness (QED) is 0.786. The zero-order valence-electron chi connectivity index (χ0n) is 10.1. The van der Waals surface area contributed by atoms with Crippen molar-refractivity contribution >= 4 is 5.95 Å². The van der Waals surface area contributed by atoms with E-state index < -0.39 is 0 Å². The summed E-state index contributed by atoms with van der Waals surface area (Å²) in [6.45, 7) is 2.52. The van der Waals surface area contributed by atoms with Gasteiger partial charge in [0.1, 0.15) is 0 Å². The van der Waals surface area contributed by atoms with E-state index in [9.17, 15) is 0 Å². The molecule has 0 unspecified atom stereocenters. The summed E-state index contributed by atoms with van der Waals surface area (Å²) in [4.78, 5) is 10.8. The average Bonchev–Trinajstić information content (AvgIpc) is 2.26. The second kappa shape index (κ2) is 5.42. The number of hydrogen-bond donors (Lipinski definition) is 2. The maximum atomic E-state index is 9.10. The molecule has 0 aromatic carbocycles. The van der Waals surface area contributed by atoms with Gasteiger partial charge in [-0.05, 0) is 26.2 Å². The van der Waals surface area contributed by atoms with Crippen LogP contribution >= 0.6 is 0 Å². The highest BCUT2D eigenvalue weighted by Gasteiger charge is 2.26. The lowest BCUT2D eigenvalue weighted by atomic mass is 9.92. The van der Waals surface area contributed by atoms with Crippen LogP contribution in [0.1, 0.15) is 30.5 Å². The Morgan fingerprint density at radius 3 is 2.65 bits per heavy atom. The molecule has 1 aromatic heterocycles. The van der Waals surface area contributed by atoms with Gasteiger partial charge in [-0.3, -0.25) is 0 Å². The van der Waals surface area contributed by atoms with Crippen LogP contribution in [0, 0.1) is 6.92 Å². The Labute approximate surface area is 101 Å². The van der Waals surface area contributed by atoms with E-state index in [1.54, 1.807) is 6.20 Å². The molecule has 0 aliphatic heterocycles. The second-order valence-electron chi connectivity index (χ2n) is 4.44. The number of rotatable bonds is 5. The maximum absolute atomic E-state index is 9.10. The molecule has 1 aliphatic rings. The monoisotopic (exact) mass is 237 g/mol. The normalized spacial score (nSPS) is 15.7. The van der Waals surface area contributed by atoms with Crippen LogP contribution in [0.25, 0.3) is 0 Å². The number of aliphatic hydroxyl groups excluding tert-OH is 2. The first-order valence-corrected chi connectivity index (χ1v) is 6.07. The highest BCUT2D eigenvalue weighted by Crippen LogP contribution is 2.27. The van der Waals surface area contributed by atoms with Crippen LogP contribution in [0.15, 0.2) is 6.20 Å². The molecule has 0 spiro atoms. The third-order valence-electron chi connectivity index (χ3n) is 3.35. The van der Waals surface area contributed by atoms with Crippen molar-refractivity contribution in [1.82, 2.24) is 9.97 Å². The van der Waals surface area contributed by atoms with Gasteiger partial charge >= 0.3 is 0 Å². The Morgan fingerprint density at radius 2 is 2.18 bits per heavy atom. The van der Waals surface area contributed by atoms with Gasteiger partial charge in [0.05, 0.1) is 13.2 Å². The van der Waals surface area contributed by atoms with E-state index in [-0.39, 0.29) is 13.2 Å². The molecule has 0 atom stereocenters. The molecule has 1 fully saturated rings. The van der Waals surface area contributed by atoms with Crippen molar-refractivity contribution < 1.29 is 10.2 Å². The largest absolute Gasteiger partial charge is 0.395 e. The van der Waals surface area contributed by atoms with Crippen molar-refractivity contribution in [2.75, 3.05) is 18.1 Å². The van der Waals surface area contributed by atoms with Crippen molar-refractivity contribution in [1.29, 1.82) is 0 Å². The van der Waals surface area contributed by atoms with Gasteiger partial charge < -0.3 is 15.1 Å². The van der Waals surface area contributed by atoms with Crippen LogP contribution in [0.4, 0.5) is 5.95 Å². The van der Waals surface area contributed by atoms with Crippen LogP contribution in [-0.4, -0.2) is 39.4 Å². The van der Waals surface area contributed by atoms with Gasteiger partial charge in [0, 0.05) is 30.0 Å². The summed E-state index contributed by atoms with van der Waals surface area (Å²) in [7, 11) is 0. The third-order valence-corrected chi connectivity index (χ3v) is 3.35. The first kappa shape index (κ1) is 12.3. The highest BCUT2D eigenvalue weighted by atomic mass is 16.3. The van der Waals surface area contributed by atoms with Crippen molar-refractivity contribution in [2.45, 2.75) is 38.8 Å². The summed E-state index contributed by atoms with van der Waals surface area (Å²) >= 11 is 0. The fourth-order valence-corrected chi connectivity index (χ4v) is 2.03. The summed E-state index contributed by atoms with van der Waals surface area (Å²) in [5, 5.41) is 18.2. The van der Waals surface area contributed by atoms with Gasteiger partial charge in [-0.2, -0.15) is 0 Å². The number of aryl methyl sites for hydroxylation is 1. The van der Waals surface area contributed by atoms with Gasteiger partial charge in [0.15, 0.2) is 0 Å². The molecule has 2 rings (SSSR count). The minimum atomic E-state index is -0.0322. The molecule has 0 amide bonds. The summed E-state index contributed by atoms with van der Waals surface area (Å²) in [5.74, 6) is 0.665. The summed E-state index contributed by atoms with van der Waals surface area (Å²) in [6.07, 6.45) is 5.19. The molecular formula is C12H19N3O2. The van der Waals surface area contributed by atoms with Gasteiger partial charge in [0.25, 0.3) is 0 Å². The lowest BCUT2D eigenvalue weighted by molar-refractivity contribution is 0.277. The minimum Gasteiger partial charge on any atom is -0.395 e. The molecule has 0 saturated heterocycles. The fourth-order valence-electron chi connectivity index (χ4n) is 2.03. The van der Waals surface area contributed by atoms with E-state index in [1.807, 2.05) is 6.92 Å². The Bertz CT molecular complexity index is 380. The van der Waals surface area contributed by atoms with Crippen LogP contribution in [0.2, 0.25) is 0 Å². The Kier molecular flexibility index (Phi) is 3.91. The van der Waals surface area contributed by atoms with Crippen LogP contribution in [-0.2, 0) is 6.61 Å². The highest BCUT2D eigenvalue weighted by molar-refractivity contribution is 5.35. The molecule has 5 nitrogen and oxygen atoms in total. The molecule has 1 saturated carbocycles. The van der Waals surface area contributed by atoms with E-state index >= 15 is 0 Å².